The second kappa shape index (κ2) is 13.8. The molecule has 0 spiro atoms. The van der Waals surface area contributed by atoms with Gasteiger partial charge >= 0.3 is 0 Å². The monoisotopic (exact) mass is 761 g/mol. The lowest BCUT2D eigenvalue weighted by Crippen LogP contribution is -1.99. The zero-order valence-corrected chi connectivity index (χ0v) is 32.5. The molecule has 278 valence electrons. The topological polar surface area (TPSA) is 38.7 Å². The SMILES string of the molecule is c1ccc(-c2nc3cc(-c4ccc(-c5ccc6c7ccccc7c7ccccc7c6c5)cc4)c4c(-c5ccccc5)nc5ccccc5c4c3nc2-c2ccccc2)cc1. The number of nitrogens with zero attached hydrogens (tertiary/aromatic N) is 3. The summed E-state index contributed by atoms with van der Waals surface area (Å²) in [6.45, 7) is 0. The molecule has 0 saturated carbocycles. The molecule has 0 unspecified atom stereocenters. The van der Waals surface area contributed by atoms with E-state index in [0.29, 0.717) is 0 Å². The van der Waals surface area contributed by atoms with Crippen LogP contribution in [0.3, 0.4) is 0 Å². The molecule has 0 N–H and O–H groups in total. The Morgan fingerprint density at radius 3 is 1.27 bits per heavy atom. The normalized spacial score (nSPS) is 11.7. The van der Waals surface area contributed by atoms with Gasteiger partial charge in [0, 0.05) is 32.8 Å². The predicted molar refractivity (Wildman–Crippen MR) is 252 cm³/mol. The summed E-state index contributed by atoms with van der Waals surface area (Å²) in [6.07, 6.45) is 0. The second-order valence-electron chi connectivity index (χ2n) is 15.5. The first kappa shape index (κ1) is 34.1. The Kier molecular flexibility index (Phi) is 7.85. The molecule has 12 rings (SSSR count). The molecule has 0 fully saturated rings. The van der Waals surface area contributed by atoms with Crippen molar-refractivity contribution in [2.45, 2.75) is 0 Å². The van der Waals surface area contributed by atoms with Gasteiger partial charge in [-0.25, -0.2) is 15.0 Å². The third-order valence-electron chi connectivity index (χ3n) is 12.0. The smallest absolute Gasteiger partial charge is 0.0981 e. The lowest BCUT2D eigenvalue weighted by atomic mass is 9.89. The van der Waals surface area contributed by atoms with Crippen LogP contribution < -0.4 is 0 Å². The number of rotatable bonds is 5. The molecule has 60 heavy (non-hydrogen) atoms. The van der Waals surface area contributed by atoms with Crippen LogP contribution in [0.4, 0.5) is 0 Å². The van der Waals surface area contributed by atoms with Crippen LogP contribution in [0, 0.1) is 0 Å². The third kappa shape index (κ3) is 5.48. The molecule has 0 aliphatic carbocycles. The first-order chi connectivity index (χ1) is 29.8. The van der Waals surface area contributed by atoms with E-state index in [-0.39, 0.29) is 0 Å². The molecule has 12 aromatic rings. The standard InChI is InChI=1S/C57H35N3/c1-4-16-38(17-5-1)54-53-48(37-30-28-36(29-31-37)41-32-33-46-44-24-11-10-22-42(44)43-23-12-13-25-45(43)49(46)34-41)35-51-57(52(53)47-26-14-15-27-50(47)58-54)60-56(40-20-8-3-9-21-40)55(59-51)39-18-6-2-7-19-39/h1-35H. The molecular formula is C57H35N3. The number of pyridine rings is 1. The molecule has 3 heteroatoms. The zero-order valence-electron chi connectivity index (χ0n) is 32.5. The van der Waals surface area contributed by atoms with Crippen molar-refractivity contribution >= 4 is 65.0 Å². The Labute approximate surface area is 346 Å². The highest BCUT2D eigenvalue weighted by atomic mass is 14.8. The van der Waals surface area contributed by atoms with E-state index in [1.165, 1.54) is 37.9 Å². The Balaban J connectivity index is 1.12. The summed E-state index contributed by atoms with van der Waals surface area (Å²) in [7, 11) is 0. The number of hydrogen-bond donors (Lipinski definition) is 0. The van der Waals surface area contributed by atoms with Gasteiger partial charge in [0.05, 0.1) is 33.6 Å². The van der Waals surface area contributed by atoms with E-state index in [2.05, 4.69) is 200 Å². The molecule has 2 heterocycles. The Morgan fingerprint density at radius 2 is 0.667 bits per heavy atom. The van der Waals surface area contributed by atoms with E-state index in [1.807, 2.05) is 12.1 Å². The van der Waals surface area contributed by atoms with Gasteiger partial charge in [0.25, 0.3) is 0 Å². The number of para-hydroxylation sites is 1. The molecule has 0 saturated heterocycles. The lowest BCUT2D eigenvalue weighted by molar-refractivity contribution is 1.30. The van der Waals surface area contributed by atoms with Crippen LogP contribution in [0.1, 0.15) is 0 Å². The molecule has 0 aliphatic heterocycles. The van der Waals surface area contributed by atoms with Crippen LogP contribution in [-0.4, -0.2) is 15.0 Å². The van der Waals surface area contributed by atoms with Crippen LogP contribution in [0.2, 0.25) is 0 Å². The van der Waals surface area contributed by atoms with Crippen molar-refractivity contribution in [2.75, 3.05) is 0 Å². The van der Waals surface area contributed by atoms with Crippen LogP contribution in [0.5, 0.6) is 0 Å². The maximum absolute atomic E-state index is 5.60. The minimum Gasteiger partial charge on any atom is -0.247 e. The molecule has 0 aliphatic rings. The summed E-state index contributed by atoms with van der Waals surface area (Å²) >= 11 is 0. The Bertz CT molecular complexity index is 3580. The third-order valence-corrected chi connectivity index (χ3v) is 12.0. The summed E-state index contributed by atoms with van der Waals surface area (Å²) in [5.41, 5.74) is 12.9. The molecule has 2 aromatic heterocycles. The van der Waals surface area contributed by atoms with Crippen LogP contribution in [0.25, 0.3) is 121 Å². The van der Waals surface area contributed by atoms with Gasteiger partial charge in [0.2, 0.25) is 0 Å². The van der Waals surface area contributed by atoms with Crippen molar-refractivity contribution in [1.29, 1.82) is 0 Å². The summed E-state index contributed by atoms with van der Waals surface area (Å²) in [4.78, 5) is 16.5. The van der Waals surface area contributed by atoms with Gasteiger partial charge in [0.1, 0.15) is 0 Å². The van der Waals surface area contributed by atoms with Gasteiger partial charge < -0.3 is 0 Å². The number of hydrogen-bond acceptors (Lipinski definition) is 3. The van der Waals surface area contributed by atoms with Gasteiger partial charge in [-0.3, -0.25) is 0 Å². The fourth-order valence-corrected chi connectivity index (χ4v) is 9.22. The zero-order chi connectivity index (χ0) is 39.6. The van der Waals surface area contributed by atoms with Crippen molar-refractivity contribution in [2.24, 2.45) is 0 Å². The Morgan fingerprint density at radius 1 is 0.233 bits per heavy atom. The van der Waals surface area contributed by atoms with E-state index in [9.17, 15) is 0 Å². The number of fused-ring (bicyclic) bond motifs is 11. The fraction of sp³-hybridized carbons (Fsp3) is 0. The minimum atomic E-state index is 0.837. The first-order valence-corrected chi connectivity index (χ1v) is 20.4. The largest absolute Gasteiger partial charge is 0.247 e. The van der Waals surface area contributed by atoms with Crippen LogP contribution in [0.15, 0.2) is 212 Å². The molecule has 0 atom stereocenters. The highest BCUT2D eigenvalue weighted by Gasteiger charge is 2.22. The van der Waals surface area contributed by atoms with Crippen LogP contribution in [-0.2, 0) is 0 Å². The van der Waals surface area contributed by atoms with Crippen molar-refractivity contribution in [3.05, 3.63) is 212 Å². The van der Waals surface area contributed by atoms with E-state index in [1.54, 1.807) is 0 Å². The van der Waals surface area contributed by atoms with Crippen molar-refractivity contribution in [1.82, 2.24) is 15.0 Å². The predicted octanol–water partition coefficient (Wildman–Crippen LogP) is 15.1. The highest BCUT2D eigenvalue weighted by molar-refractivity contribution is 6.27. The minimum absolute atomic E-state index is 0.837. The Hall–Kier alpha value is -8.01. The fourth-order valence-electron chi connectivity index (χ4n) is 9.22. The molecule has 0 radical (unpaired) electrons. The van der Waals surface area contributed by atoms with Gasteiger partial charge in [-0.2, -0.15) is 0 Å². The maximum Gasteiger partial charge on any atom is 0.0981 e. The van der Waals surface area contributed by atoms with Gasteiger partial charge in [-0.05, 0) is 72.8 Å². The lowest BCUT2D eigenvalue weighted by Gasteiger charge is -2.18. The molecule has 3 nitrogen and oxygen atoms in total. The van der Waals surface area contributed by atoms with Gasteiger partial charge in [0.15, 0.2) is 0 Å². The van der Waals surface area contributed by atoms with Crippen molar-refractivity contribution in [3.8, 4) is 56.0 Å². The van der Waals surface area contributed by atoms with E-state index in [4.69, 9.17) is 15.0 Å². The van der Waals surface area contributed by atoms with E-state index in [0.717, 1.165) is 83.2 Å². The summed E-state index contributed by atoms with van der Waals surface area (Å²) in [6, 6.07) is 75.5. The van der Waals surface area contributed by atoms with E-state index >= 15 is 0 Å². The van der Waals surface area contributed by atoms with Gasteiger partial charge in [-0.1, -0.05) is 194 Å². The van der Waals surface area contributed by atoms with E-state index < -0.39 is 0 Å². The summed E-state index contributed by atoms with van der Waals surface area (Å²) < 4.78 is 0. The van der Waals surface area contributed by atoms with Gasteiger partial charge in [-0.15, -0.1) is 0 Å². The molecule has 10 aromatic carbocycles. The average Bonchev–Trinajstić information content (AvgIpc) is 3.33. The quantitative estimate of drug-likeness (QED) is 0.164. The van der Waals surface area contributed by atoms with Crippen LogP contribution >= 0.6 is 0 Å². The highest BCUT2D eigenvalue weighted by Crippen LogP contribution is 2.44. The number of benzene rings is 10. The summed E-state index contributed by atoms with van der Waals surface area (Å²) in [5.74, 6) is 0. The maximum atomic E-state index is 5.60. The van der Waals surface area contributed by atoms with Crippen molar-refractivity contribution in [3.63, 3.8) is 0 Å². The number of aromatic nitrogens is 3. The molecule has 0 amide bonds. The first-order valence-electron chi connectivity index (χ1n) is 20.4. The second-order valence-corrected chi connectivity index (χ2v) is 15.5. The molecule has 0 bridgehead atoms. The van der Waals surface area contributed by atoms with Crippen molar-refractivity contribution < 1.29 is 0 Å². The summed E-state index contributed by atoms with van der Waals surface area (Å²) in [5, 5.41) is 10.8. The molecular weight excluding hydrogens is 727 g/mol. The average molecular weight is 762 g/mol.